The second-order valence-corrected chi connectivity index (χ2v) is 6.15. The molecule has 2 aromatic heterocycles. The first-order chi connectivity index (χ1) is 7.81. The molecule has 0 spiro atoms. The van der Waals surface area contributed by atoms with E-state index in [0.717, 1.165) is 26.0 Å². The van der Waals surface area contributed by atoms with Gasteiger partial charge >= 0.3 is 0 Å². The van der Waals surface area contributed by atoms with Gasteiger partial charge in [0.25, 0.3) is 0 Å². The number of hydrogen-bond donors (Lipinski definition) is 1. The maximum atomic E-state index is 5.49. The third-order valence-electron chi connectivity index (χ3n) is 1.82. The number of thioether (sulfide) groups is 2. The van der Waals surface area contributed by atoms with Crippen molar-refractivity contribution in [1.82, 2.24) is 10.2 Å². The van der Waals surface area contributed by atoms with Crippen LogP contribution in [0.15, 0.2) is 25.2 Å². The van der Waals surface area contributed by atoms with E-state index in [-0.39, 0.29) is 0 Å². The van der Waals surface area contributed by atoms with E-state index in [4.69, 9.17) is 10.2 Å². The molecule has 2 aromatic rings. The van der Waals surface area contributed by atoms with Gasteiger partial charge in [0.15, 0.2) is 8.68 Å². The Balaban J connectivity index is 1.91. The third kappa shape index (κ3) is 3.00. The lowest BCUT2D eigenvalue weighted by molar-refractivity contribution is 0.482. The van der Waals surface area contributed by atoms with Crippen LogP contribution in [0.25, 0.3) is 0 Å². The van der Waals surface area contributed by atoms with Crippen LogP contribution < -0.4 is 5.73 Å². The minimum absolute atomic E-state index is 0.445. The van der Waals surface area contributed by atoms with E-state index in [1.807, 2.05) is 18.4 Å². The van der Waals surface area contributed by atoms with E-state index in [2.05, 4.69) is 10.2 Å². The average Bonchev–Trinajstić information content (AvgIpc) is 2.95. The Morgan fingerprint density at radius 3 is 2.69 bits per heavy atom. The number of hydrogen-bond acceptors (Lipinski definition) is 7. The molecule has 0 aromatic carbocycles. The van der Waals surface area contributed by atoms with Gasteiger partial charge in [0.05, 0.1) is 12.3 Å². The Labute approximate surface area is 106 Å². The highest BCUT2D eigenvalue weighted by molar-refractivity contribution is 8.02. The predicted molar refractivity (Wildman–Crippen MR) is 67.9 cm³/mol. The summed E-state index contributed by atoms with van der Waals surface area (Å²) >= 11 is 4.84. The Kier molecular flexibility index (Phi) is 4.28. The zero-order valence-corrected chi connectivity index (χ0v) is 11.1. The molecule has 0 saturated heterocycles. The molecule has 0 bridgehead atoms. The van der Waals surface area contributed by atoms with Gasteiger partial charge in [0.1, 0.15) is 11.5 Å². The van der Waals surface area contributed by atoms with Crippen molar-refractivity contribution in [2.75, 3.05) is 6.26 Å². The van der Waals surface area contributed by atoms with Crippen molar-refractivity contribution in [2.24, 2.45) is 5.73 Å². The first-order valence-electron chi connectivity index (χ1n) is 4.59. The van der Waals surface area contributed by atoms with Crippen molar-refractivity contribution >= 4 is 34.9 Å². The fraction of sp³-hybridized carbons (Fsp3) is 0.333. The van der Waals surface area contributed by atoms with Crippen LogP contribution in [0.5, 0.6) is 0 Å². The molecule has 7 heteroatoms. The Bertz CT molecular complexity index is 412. The van der Waals surface area contributed by atoms with Gasteiger partial charge in [-0.15, -0.1) is 10.2 Å². The molecule has 4 nitrogen and oxygen atoms in total. The minimum atomic E-state index is 0.445. The molecule has 16 heavy (non-hydrogen) atoms. The van der Waals surface area contributed by atoms with Crippen molar-refractivity contribution in [3.63, 3.8) is 0 Å². The molecule has 0 atom stereocenters. The quantitative estimate of drug-likeness (QED) is 0.845. The second-order valence-electron chi connectivity index (χ2n) is 2.90. The summed E-state index contributed by atoms with van der Waals surface area (Å²) in [5.41, 5.74) is 5.47. The van der Waals surface area contributed by atoms with Gasteiger partial charge in [-0.3, -0.25) is 0 Å². The molecule has 0 radical (unpaired) electrons. The van der Waals surface area contributed by atoms with Crippen LogP contribution in [0.2, 0.25) is 0 Å². The summed E-state index contributed by atoms with van der Waals surface area (Å²) in [6.45, 7) is 0.445. The summed E-state index contributed by atoms with van der Waals surface area (Å²) in [5, 5.41) is 8.10. The van der Waals surface area contributed by atoms with Crippen LogP contribution in [0.3, 0.4) is 0 Å². The largest absolute Gasteiger partial charge is 0.464 e. The monoisotopic (exact) mass is 273 g/mol. The van der Waals surface area contributed by atoms with Gasteiger partial charge in [-0.05, 0) is 18.4 Å². The molecule has 2 N–H and O–H groups in total. The SMILES string of the molecule is CSc1nnc(SCc2ccc(CN)o2)s1. The number of aromatic nitrogens is 2. The Morgan fingerprint density at radius 2 is 2.06 bits per heavy atom. The summed E-state index contributed by atoms with van der Waals surface area (Å²) in [5.74, 6) is 2.51. The first-order valence-corrected chi connectivity index (χ1v) is 7.62. The van der Waals surface area contributed by atoms with Crippen LogP contribution in [-0.2, 0) is 12.3 Å². The number of nitrogens with two attached hydrogens (primary N) is 1. The Hall–Kier alpha value is -0.500. The lowest BCUT2D eigenvalue weighted by Crippen LogP contribution is -1.92. The maximum absolute atomic E-state index is 5.49. The van der Waals surface area contributed by atoms with E-state index < -0.39 is 0 Å². The van der Waals surface area contributed by atoms with Crippen molar-refractivity contribution in [3.05, 3.63) is 23.7 Å². The molecule has 0 amide bonds. The number of nitrogens with zero attached hydrogens (tertiary/aromatic N) is 2. The molecule has 86 valence electrons. The van der Waals surface area contributed by atoms with Crippen LogP contribution in [-0.4, -0.2) is 16.5 Å². The predicted octanol–water partition coefficient (Wildman–Crippen LogP) is 2.60. The minimum Gasteiger partial charge on any atom is -0.464 e. The summed E-state index contributed by atoms with van der Waals surface area (Å²) < 4.78 is 7.45. The van der Waals surface area contributed by atoms with E-state index in [0.29, 0.717) is 6.54 Å². The van der Waals surface area contributed by atoms with Crippen molar-refractivity contribution in [1.29, 1.82) is 0 Å². The van der Waals surface area contributed by atoms with Gasteiger partial charge in [0, 0.05) is 0 Å². The fourth-order valence-corrected chi connectivity index (χ4v) is 3.41. The van der Waals surface area contributed by atoms with Crippen LogP contribution >= 0.6 is 34.9 Å². The highest BCUT2D eigenvalue weighted by atomic mass is 32.2. The van der Waals surface area contributed by atoms with Gasteiger partial charge in [-0.25, -0.2) is 0 Å². The van der Waals surface area contributed by atoms with E-state index >= 15 is 0 Å². The molecular formula is C9H11N3OS3. The average molecular weight is 273 g/mol. The topological polar surface area (TPSA) is 64.9 Å². The van der Waals surface area contributed by atoms with E-state index in [9.17, 15) is 0 Å². The van der Waals surface area contributed by atoms with Gasteiger partial charge in [-0.1, -0.05) is 34.9 Å². The van der Waals surface area contributed by atoms with Crippen LogP contribution in [0.4, 0.5) is 0 Å². The zero-order valence-electron chi connectivity index (χ0n) is 8.67. The summed E-state index contributed by atoms with van der Waals surface area (Å²) in [7, 11) is 0. The molecule has 0 aliphatic rings. The zero-order chi connectivity index (χ0) is 11.4. The van der Waals surface area contributed by atoms with Crippen LogP contribution in [0, 0.1) is 0 Å². The van der Waals surface area contributed by atoms with E-state index in [1.54, 1.807) is 34.9 Å². The molecule has 0 aliphatic carbocycles. The number of furan rings is 1. The smallest absolute Gasteiger partial charge is 0.175 e. The highest BCUT2D eigenvalue weighted by Gasteiger charge is 2.06. The Morgan fingerprint density at radius 1 is 1.31 bits per heavy atom. The van der Waals surface area contributed by atoms with Gasteiger partial charge in [-0.2, -0.15) is 0 Å². The maximum Gasteiger partial charge on any atom is 0.175 e. The van der Waals surface area contributed by atoms with Crippen molar-refractivity contribution < 1.29 is 4.42 Å². The van der Waals surface area contributed by atoms with Gasteiger partial charge < -0.3 is 10.2 Å². The second kappa shape index (κ2) is 5.72. The fourth-order valence-electron chi connectivity index (χ4n) is 1.08. The molecule has 2 heterocycles. The molecular weight excluding hydrogens is 262 g/mol. The third-order valence-corrected chi connectivity index (χ3v) is 4.87. The molecule has 0 aliphatic heterocycles. The highest BCUT2D eigenvalue weighted by Crippen LogP contribution is 2.29. The van der Waals surface area contributed by atoms with Crippen LogP contribution in [0.1, 0.15) is 11.5 Å². The lowest BCUT2D eigenvalue weighted by Gasteiger charge is -1.93. The number of rotatable bonds is 5. The molecule has 0 fully saturated rings. The standard InChI is InChI=1S/C9H11N3OS3/c1-14-8-11-12-9(16-8)15-5-7-3-2-6(4-10)13-7/h2-3H,4-5,10H2,1H3. The first kappa shape index (κ1) is 12.0. The normalized spacial score (nSPS) is 10.9. The van der Waals surface area contributed by atoms with Crippen molar-refractivity contribution in [3.8, 4) is 0 Å². The lowest BCUT2D eigenvalue weighted by atomic mass is 10.4. The summed E-state index contributed by atoms with van der Waals surface area (Å²) in [4.78, 5) is 0. The molecule has 2 rings (SSSR count). The van der Waals surface area contributed by atoms with Crippen molar-refractivity contribution in [2.45, 2.75) is 21.0 Å². The van der Waals surface area contributed by atoms with E-state index in [1.165, 1.54) is 0 Å². The molecule has 0 unspecified atom stereocenters. The molecule has 0 saturated carbocycles. The summed E-state index contributed by atoms with van der Waals surface area (Å²) in [6, 6.07) is 3.86. The van der Waals surface area contributed by atoms with Gasteiger partial charge in [0.2, 0.25) is 0 Å². The summed E-state index contributed by atoms with van der Waals surface area (Å²) in [6.07, 6.45) is 2.00.